The first kappa shape index (κ1) is 22.0. The Morgan fingerprint density at radius 2 is 1.64 bits per heavy atom. The van der Waals surface area contributed by atoms with Crippen LogP contribution in [0.1, 0.15) is 13.3 Å². The first-order valence-electron chi connectivity index (χ1n) is 7.40. The number of likely N-dealkylation sites (N-methyl/N-ethyl adjacent to an activating group) is 1. The molecule has 1 unspecified atom stereocenters. The maximum atomic E-state index is 11.8. The number of rotatable bonds is 13. The number of quaternary nitrogens is 1. The van der Waals surface area contributed by atoms with Gasteiger partial charge in [0.25, 0.3) is 0 Å². The van der Waals surface area contributed by atoms with Gasteiger partial charge < -0.3 is 32.7 Å². The molecular formula is C14H32NO6P. The highest BCUT2D eigenvalue weighted by Gasteiger charge is 2.29. The summed E-state index contributed by atoms with van der Waals surface area (Å²) in [7, 11) is 5.15. The minimum atomic E-state index is -3.98. The summed E-state index contributed by atoms with van der Waals surface area (Å²) in [5, 5.41) is 0. The second-order valence-corrected chi connectivity index (χ2v) is 8.39. The first-order chi connectivity index (χ1) is 10.1. The van der Waals surface area contributed by atoms with Crippen molar-refractivity contribution in [3.8, 4) is 0 Å². The van der Waals surface area contributed by atoms with E-state index in [1.165, 1.54) is 0 Å². The van der Waals surface area contributed by atoms with Gasteiger partial charge >= 0.3 is 0 Å². The van der Waals surface area contributed by atoms with Gasteiger partial charge in [-0.05, 0) is 6.42 Å². The minimum Gasteiger partial charge on any atom is -0.777 e. The fraction of sp³-hybridized carbons (Fsp3) is 1.00. The third-order valence-electron chi connectivity index (χ3n) is 3.36. The second-order valence-electron chi connectivity index (χ2n) is 6.66. The quantitative estimate of drug-likeness (QED) is 0.366. The van der Waals surface area contributed by atoms with Gasteiger partial charge in [-0.15, -0.1) is 0 Å². The van der Waals surface area contributed by atoms with E-state index in [0.29, 0.717) is 24.2 Å². The molecule has 0 saturated heterocycles. The van der Waals surface area contributed by atoms with Crippen LogP contribution in [-0.4, -0.2) is 79.2 Å². The van der Waals surface area contributed by atoms with Crippen molar-refractivity contribution in [2.24, 2.45) is 5.41 Å². The Bertz CT molecular complexity index is 339. The largest absolute Gasteiger partial charge is 0.777 e. The summed E-state index contributed by atoms with van der Waals surface area (Å²) in [5.41, 5.74) is -0.341. The molecule has 0 saturated carbocycles. The SMILES string of the molecule is CCC(COC)(COC)COCP(=O)([O-])OCC[N+](C)(C)C. The molecular weight excluding hydrogens is 309 g/mol. The van der Waals surface area contributed by atoms with E-state index in [1.54, 1.807) is 14.2 Å². The molecule has 0 amide bonds. The molecule has 0 aromatic rings. The van der Waals surface area contributed by atoms with Crippen molar-refractivity contribution >= 4 is 7.60 Å². The van der Waals surface area contributed by atoms with E-state index in [1.807, 2.05) is 28.1 Å². The van der Waals surface area contributed by atoms with Crippen molar-refractivity contribution in [2.75, 3.05) is 74.7 Å². The zero-order valence-corrected chi connectivity index (χ0v) is 15.7. The standard InChI is InChI=1S/C14H32NO6P/c1-7-14(10-18-5,11-19-6)12-20-13-22(16,17)21-9-8-15(2,3)4/h7-13H2,1-6H3. The molecule has 0 radical (unpaired) electrons. The van der Waals surface area contributed by atoms with Crippen molar-refractivity contribution in [3.05, 3.63) is 0 Å². The van der Waals surface area contributed by atoms with E-state index in [4.69, 9.17) is 18.7 Å². The normalized spacial score (nSPS) is 15.8. The fourth-order valence-corrected chi connectivity index (χ4v) is 2.66. The van der Waals surface area contributed by atoms with Crippen molar-refractivity contribution in [2.45, 2.75) is 13.3 Å². The molecule has 0 aromatic carbocycles. The van der Waals surface area contributed by atoms with Crippen molar-refractivity contribution in [1.29, 1.82) is 0 Å². The number of nitrogens with zero attached hydrogens (tertiary/aromatic N) is 1. The monoisotopic (exact) mass is 341 g/mol. The third-order valence-corrected chi connectivity index (χ3v) is 4.43. The topological polar surface area (TPSA) is 77.1 Å². The molecule has 0 aromatic heterocycles. The van der Waals surface area contributed by atoms with E-state index >= 15 is 0 Å². The highest BCUT2D eigenvalue weighted by Crippen LogP contribution is 2.37. The summed E-state index contributed by atoms with van der Waals surface area (Å²) in [5.74, 6) is 0. The predicted octanol–water partition coefficient (Wildman–Crippen LogP) is 0.926. The molecule has 0 N–H and O–H groups in total. The summed E-state index contributed by atoms with van der Waals surface area (Å²) >= 11 is 0. The zero-order valence-electron chi connectivity index (χ0n) is 14.8. The van der Waals surface area contributed by atoms with Gasteiger partial charge in [0.15, 0.2) is 7.60 Å². The van der Waals surface area contributed by atoms with Gasteiger partial charge in [-0.25, -0.2) is 0 Å². The van der Waals surface area contributed by atoms with E-state index in [-0.39, 0.29) is 18.6 Å². The van der Waals surface area contributed by atoms with Gasteiger partial charge in [0.05, 0.1) is 41.0 Å². The van der Waals surface area contributed by atoms with Crippen molar-refractivity contribution in [3.63, 3.8) is 0 Å². The molecule has 7 nitrogen and oxygen atoms in total. The van der Waals surface area contributed by atoms with Gasteiger partial charge in [0.1, 0.15) is 19.5 Å². The molecule has 22 heavy (non-hydrogen) atoms. The molecule has 0 fully saturated rings. The van der Waals surface area contributed by atoms with Crippen LogP contribution in [-0.2, 0) is 23.3 Å². The van der Waals surface area contributed by atoms with E-state index in [9.17, 15) is 9.46 Å². The molecule has 8 heteroatoms. The third kappa shape index (κ3) is 9.90. The molecule has 0 heterocycles. The van der Waals surface area contributed by atoms with Crippen molar-refractivity contribution < 1.29 is 32.7 Å². The molecule has 0 aliphatic rings. The molecule has 0 aliphatic heterocycles. The van der Waals surface area contributed by atoms with Crippen molar-refractivity contribution in [1.82, 2.24) is 0 Å². The maximum Gasteiger partial charge on any atom is 0.160 e. The van der Waals surface area contributed by atoms with E-state index in [0.717, 1.165) is 6.42 Å². The minimum absolute atomic E-state index is 0.155. The first-order valence-corrected chi connectivity index (χ1v) is 9.13. The number of hydrogen-bond donors (Lipinski definition) is 0. The number of methoxy groups -OCH3 is 2. The lowest BCUT2D eigenvalue weighted by molar-refractivity contribution is -0.870. The lowest BCUT2D eigenvalue weighted by Crippen LogP contribution is -2.38. The Kier molecular flexibility index (Phi) is 9.98. The smallest absolute Gasteiger partial charge is 0.160 e. The van der Waals surface area contributed by atoms with Crippen LogP contribution in [0.4, 0.5) is 0 Å². The molecule has 1 atom stereocenters. The van der Waals surface area contributed by atoms with Gasteiger partial charge in [-0.1, -0.05) is 6.92 Å². The van der Waals surface area contributed by atoms with Crippen LogP contribution in [0.5, 0.6) is 0 Å². The Morgan fingerprint density at radius 3 is 2.05 bits per heavy atom. The molecule has 0 spiro atoms. The van der Waals surface area contributed by atoms with Crippen LogP contribution in [0.2, 0.25) is 0 Å². The summed E-state index contributed by atoms with van der Waals surface area (Å²) in [4.78, 5) is 11.8. The Balaban J connectivity index is 4.30. The molecule has 0 rings (SSSR count). The van der Waals surface area contributed by atoms with Crippen LogP contribution in [0, 0.1) is 5.41 Å². The van der Waals surface area contributed by atoms with Gasteiger partial charge in [-0.3, -0.25) is 0 Å². The second kappa shape index (κ2) is 9.98. The lowest BCUT2D eigenvalue weighted by Gasteiger charge is -2.32. The van der Waals surface area contributed by atoms with E-state index < -0.39 is 13.9 Å². The average molecular weight is 341 g/mol. The van der Waals surface area contributed by atoms with Gasteiger partial charge in [0.2, 0.25) is 0 Å². The Morgan fingerprint density at radius 1 is 1.09 bits per heavy atom. The fourth-order valence-electron chi connectivity index (χ4n) is 1.91. The van der Waals surface area contributed by atoms with E-state index in [2.05, 4.69) is 0 Å². The van der Waals surface area contributed by atoms with Gasteiger partial charge in [-0.2, -0.15) is 0 Å². The van der Waals surface area contributed by atoms with Crippen LogP contribution in [0.3, 0.4) is 0 Å². The molecule has 0 aliphatic carbocycles. The molecule has 134 valence electrons. The maximum absolute atomic E-state index is 11.8. The summed E-state index contributed by atoms with van der Waals surface area (Å²) in [6, 6.07) is 0. The lowest BCUT2D eigenvalue weighted by atomic mass is 9.88. The average Bonchev–Trinajstić information content (AvgIpc) is 2.37. The summed E-state index contributed by atoms with van der Waals surface area (Å²) < 4.78 is 33.2. The number of hydrogen-bond acceptors (Lipinski definition) is 6. The van der Waals surface area contributed by atoms with Crippen LogP contribution < -0.4 is 4.89 Å². The summed E-state index contributed by atoms with van der Waals surface area (Å²) in [6.07, 6.45) is 0.333. The highest BCUT2D eigenvalue weighted by molar-refractivity contribution is 7.51. The highest BCUT2D eigenvalue weighted by atomic mass is 31.2. The van der Waals surface area contributed by atoms with Crippen LogP contribution >= 0.6 is 7.60 Å². The van der Waals surface area contributed by atoms with Crippen LogP contribution in [0.25, 0.3) is 0 Å². The predicted molar refractivity (Wildman–Crippen MR) is 83.8 cm³/mol. The zero-order chi connectivity index (χ0) is 17.3. The van der Waals surface area contributed by atoms with Gasteiger partial charge in [0, 0.05) is 19.6 Å². The van der Waals surface area contributed by atoms with Crippen LogP contribution in [0.15, 0.2) is 0 Å². The Labute approximate surface area is 134 Å². The Hall–Kier alpha value is -0.0100. The summed E-state index contributed by atoms with van der Waals surface area (Å²) in [6.45, 7) is 3.90. The number of ether oxygens (including phenoxy) is 3. The molecule has 0 bridgehead atoms.